The fourth-order valence-corrected chi connectivity index (χ4v) is 9.57. The summed E-state index contributed by atoms with van der Waals surface area (Å²) in [5.41, 5.74) is 1.54. The molecule has 0 radical (unpaired) electrons. The van der Waals surface area contributed by atoms with E-state index in [0.29, 0.717) is 31.6 Å². The first-order valence-electron chi connectivity index (χ1n) is 17.2. The van der Waals surface area contributed by atoms with Gasteiger partial charge in [0, 0.05) is 31.5 Å². The molecule has 5 N–H and O–H groups in total. The van der Waals surface area contributed by atoms with E-state index < -0.39 is 29.5 Å². The minimum Gasteiger partial charge on any atom is -0.354 e. The summed E-state index contributed by atoms with van der Waals surface area (Å²) in [4.78, 5) is 68.6. The van der Waals surface area contributed by atoms with E-state index in [-0.39, 0.29) is 52.9 Å². The molecular weight excluding hydrogens is 616 g/mol. The summed E-state index contributed by atoms with van der Waals surface area (Å²) in [6, 6.07) is 6.14. The highest BCUT2D eigenvalue weighted by atomic mass is 32.2. The first-order chi connectivity index (χ1) is 22.4. The van der Waals surface area contributed by atoms with Crippen LogP contribution in [0.4, 0.5) is 0 Å². The van der Waals surface area contributed by atoms with Crippen LogP contribution in [0, 0.1) is 17.3 Å². The van der Waals surface area contributed by atoms with E-state index in [1.54, 1.807) is 23.7 Å². The Bertz CT molecular complexity index is 1350. The van der Waals surface area contributed by atoms with Crippen molar-refractivity contribution in [2.24, 2.45) is 17.3 Å². The van der Waals surface area contributed by atoms with Gasteiger partial charge in [-0.2, -0.15) is 0 Å². The Labute approximate surface area is 282 Å². The number of amides is 5. The number of carbonyl (C=O) groups excluding carboxylic acids is 5. The summed E-state index contributed by atoms with van der Waals surface area (Å²) >= 11 is 1.67. The highest BCUT2D eigenvalue weighted by Gasteiger charge is 2.55. The second-order valence-corrected chi connectivity index (χ2v) is 15.8. The van der Waals surface area contributed by atoms with Crippen molar-refractivity contribution < 1.29 is 24.0 Å². The number of carbonyl (C=O) groups is 5. The molecule has 5 rings (SSSR count). The fourth-order valence-electron chi connectivity index (χ4n) is 8.00. The number of hydrogen-bond donors (Lipinski definition) is 5. The van der Waals surface area contributed by atoms with Gasteiger partial charge in [-0.3, -0.25) is 24.0 Å². The van der Waals surface area contributed by atoms with E-state index in [2.05, 4.69) is 32.7 Å². The standard InChI is InChI=1S/C35H52N6O5S/c1-20(19-36-5)31(43)39-27-16-17-47-28-18-35(3,4)30(41(28)34(27)46)33(45)40-29-25-9-7-6-8-22(25)10-15-26(29)32(44)38-24-13-11-23(12-14-24)37-21(2)42/h6-9,20,23-24,26-30,36H,10-19H2,1-5H3,(H,37,42)(H,38,44)(H,39,43)(H,40,45)/t20-,23-,24-,26-,27+,28-,29+,30-/m1/s1. The van der Waals surface area contributed by atoms with Gasteiger partial charge in [0.1, 0.15) is 12.1 Å². The Morgan fingerprint density at radius 1 is 0.936 bits per heavy atom. The molecule has 12 heteroatoms. The normalized spacial score (nSPS) is 30.6. The lowest BCUT2D eigenvalue weighted by atomic mass is 9.78. The van der Waals surface area contributed by atoms with Gasteiger partial charge in [-0.1, -0.05) is 45.0 Å². The van der Waals surface area contributed by atoms with Crippen LogP contribution in [0.15, 0.2) is 24.3 Å². The summed E-state index contributed by atoms with van der Waals surface area (Å²) in [7, 11) is 1.79. The molecule has 0 bridgehead atoms. The number of nitrogens with one attached hydrogen (secondary N) is 5. The number of fused-ring (bicyclic) bond motifs is 2. The van der Waals surface area contributed by atoms with Crippen molar-refractivity contribution in [1.29, 1.82) is 0 Å². The van der Waals surface area contributed by atoms with Crippen LogP contribution in [0.1, 0.15) is 89.8 Å². The molecule has 2 saturated heterocycles. The van der Waals surface area contributed by atoms with Crippen molar-refractivity contribution in [3.63, 3.8) is 0 Å². The zero-order valence-electron chi connectivity index (χ0n) is 28.4. The van der Waals surface area contributed by atoms with Gasteiger partial charge in [0.15, 0.2) is 0 Å². The average Bonchev–Trinajstić information content (AvgIpc) is 3.22. The Morgan fingerprint density at radius 3 is 2.30 bits per heavy atom. The molecule has 1 aromatic carbocycles. The number of nitrogens with zero attached hydrogens (tertiary/aromatic N) is 1. The maximum Gasteiger partial charge on any atom is 0.246 e. The fraction of sp³-hybridized carbons (Fsp3) is 0.686. The molecule has 11 nitrogen and oxygen atoms in total. The van der Waals surface area contributed by atoms with E-state index >= 15 is 0 Å². The van der Waals surface area contributed by atoms with Crippen molar-refractivity contribution in [3.05, 3.63) is 35.4 Å². The maximum atomic E-state index is 14.5. The van der Waals surface area contributed by atoms with E-state index in [4.69, 9.17) is 0 Å². The summed E-state index contributed by atoms with van der Waals surface area (Å²) in [6.07, 6.45) is 5.70. The summed E-state index contributed by atoms with van der Waals surface area (Å²) in [5, 5.41) is 15.4. The third kappa shape index (κ3) is 7.96. The van der Waals surface area contributed by atoms with Crippen LogP contribution >= 0.6 is 11.8 Å². The molecule has 4 aliphatic rings. The van der Waals surface area contributed by atoms with Crippen molar-refractivity contribution >= 4 is 41.3 Å². The molecule has 0 unspecified atom stereocenters. The molecule has 258 valence electrons. The van der Waals surface area contributed by atoms with E-state index in [1.165, 1.54) is 6.92 Å². The quantitative estimate of drug-likeness (QED) is 0.272. The topological polar surface area (TPSA) is 149 Å². The predicted molar refractivity (Wildman–Crippen MR) is 182 cm³/mol. The molecule has 6 atom stereocenters. The van der Waals surface area contributed by atoms with Gasteiger partial charge in [-0.15, -0.1) is 11.8 Å². The molecule has 2 aliphatic heterocycles. The van der Waals surface area contributed by atoms with Gasteiger partial charge in [0.25, 0.3) is 0 Å². The lowest BCUT2D eigenvalue weighted by Crippen LogP contribution is -2.58. The van der Waals surface area contributed by atoms with E-state index in [1.807, 2.05) is 39.0 Å². The minimum atomic E-state index is -0.749. The first kappa shape index (κ1) is 35.2. The Kier molecular flexibility index (Phi) is 11.2. The van der Waals surface area contributed by atoms with Crippen molar-refractivity contribution in [2.75, 3.05) is 19.3 Å². The van der Waals surface area contributed by atoms with Crippen molar-refractivity contribution in [1.82, 2.24) is 31.5 Å². The zero-order chi connectivity index (χ0) is 33.9. The second-order valence-electron chi connectivity index (χ2n) is 14.6. The number of benzene rings is 1. The minimum absolute atomic E-state index is 0.0188. The molecule has 2 aliphatic carbocycles. The van der Waals surface area contributed by atoms with Crippen molar-refractivity contribution in [3.8, 4) is 0 Å². The van der Waals surface area contributed by atoms with Gasteiger partial charge >= 0.3 is 0 Å². The molecule has 3 fully saturated rings. The van der Waals surface area contributed by atoms with Crippen LogP contribution < -0.4 is 26.6 Å². The SMILES string of the molecule is CNC[C@@H](C)C(=O)N[C@H]1CCS[C@@H]2CC(C)(C)[C@@H](C(=O)N[C@H]3c4ccccc4CC[C@H]3C(=O)N[C@H]3CC[C@H](NC(C)=O)CC3)N2C1=O. The molecule has 1 aromatic rings. The third-order valence-corrected chi connectivity index (χ3v) is 11.7. The molecular formula is C35H52N6O5S. The molecule has 1 saturated carbocycles. The maximum absolute atomic E-state index is 14.5. The Balaban J connectivity index is 1.34. The smallest absolute Gasteiger partial charge is 0.246 e. The van der Waals surface area contributed by atoms with Crippen LogP contribution in [0.2, 0.25) is 0 Å². The highest BCUT2D eigenvalue weighted by Crippen LogP contribution is 2.47. The third-order valence-electron chi connectivity index (χ3n) is 10.5. The summed E-state index contributed by atoms with van der Waals surface area (Å²) < 4.78 is 0. The molecule has 0 spiro atoms. The lowest BCUT2D eigenvalue weighted by molar-refractivity contribution is -0.144. The van der Waals surface area contributed by atoms with Gasteiger partial charge < -0.3 is 31.5 Å². The number of thioether (sulfide) groups is 1. The van der Waals surface area contributed by atoms with Crippen molar-refractivity contribution in [2.45, 2.75) is 115 Å². The molecule has 47 heavy (non-hydrogen) atoms. The van der Waals surface area contributed by atoms with Crippen LogP contribution in [-0.4, -0.2) is 83.3 Å². The van der Waals surface area contributed by atoms with Crippen LogP contribution in [0.5, 0.6) is 0 Å². The van der Waals surface area contributed by atoms with Gasteiger partial charge in [0.2, 0.25) is 29.5 Å². The van der Waals surface area contributed by atoms with Gasteiger partial charge in [-0.25, -0.2) is 0 Å². The van der Waals surface area contributed by atoms with Crippen LogP contribution in [-0.2, 0) is 30.4 Å². The number of aryl methyl sites for hydroxylation is 1. The number of hydrogen-bond acceptors (Lipinski definition) is 7. The Hall–Kier alpha value is -3.12. The van der Waals surface area contributed by atoms with Crippen LogP contribution in [0.3, 0.4) is 0 Å². The average molecular weight is 669 g/mol. The molecule has 0 aromatic heterocycles. The van der Waals surface area contributed by atoms with Crippen LogP contribution in [0.25, 0.3) is 0 Å². The first-order valence-corrected chi connectivity index (χ1v) is 18.3. The zero-order valence-corrected chi connectivity index (χ0v) is 29.2. The molecule has 5 amide bonds. The number of rotatable bonds is 9. The monoisotopic (exact) mass is 668 g/mol. The summed E-state index contributed by atoms with van der Waals surface area (Å²) in [5.74, 6) is -0.830. The highest BCUT2D eigenvalue weighted by molar-refractivity contribution is 7.99. The molecule has 2 heterocycles. The lowest BCUT2D eigenvalue weighted by Gasteiger charge is -2.38. The van der Waals surface area contributed by atoms with E-state index in [0.717, 1.165) is 43.2 Å². The second kappa shape index (κ2) is 15.0. The van der Waals surface area contributed by atoms with Gasteiger partial charge in [-0.05, 0) is 80.7 Å². The predicted octanol–water partition coefficient (Wildman–Crippen LogP) is 2.40. The largest absolute Gasteiger partial charge is 0.354 e. The van der Waals surface area contributed by atoms with E-state index in [9.17, 15) is 24.0 Å². The summed E-state index contributed by atoms with van der Waals surface area (Å²) in [6.45, 7) is 7.91. The van der Waals surface area contributed by atoms with Gasteiger partial charge in [0.05, 0.1) is 17.3 Å². The Morgan fingerprint density at radius 2 is 1.62 bits per heavy atom.